The summed E-state index contributed by atoms with van der Waals surface area (Å²) in [6.07, 6.45) is 11.1. The Kier molecular flexibility index (Phi) is 9.80. The molecule has 0 amide bonds. The zero-order valence-corrected chi connectivity index (χ0v) is 22.0. The Labute approximate surface area is 211 Å². The van der Waals surface area contributed by atoms with Crippen LogP contribution in [0, 0.1) is 17.3 Å². The molecule has 0 saturated heterocycles. The smallest absolute Gasteiger partial charge is 0.114 e. The van der Waals surface area contributed by atoms with Crippen molar-refractivity contribution in [3.05, 3.63) is 35.5 Å². The molecule has 5 N–H and O–H groups in total. The molecule has 35 heavy (non-hydrogen) atoms. The topological polar surface area (TPSA) is 110 Å². The Balaban J connectivity index is 1.63. The van der Waals surface area contributed by atoms with E-state index in [1.54, 1.807) is 0 Å². The fourth-order valence-corrected chi connectivity index (χ4v) is 6.70. The van der Waals surface area contributed by atoms with E-state index >= 15 is 0 Å². The minimum atomic E-state index is -1.05. The first-order chi connectivity index (χ1) is 16.5. The third-order valence-electron chi connectivity index (χ3n) is 8.83. The van der Waals surface area contributed by atoms with E-state index in [0.717, 1.165) is 30.8 Å². The van der Waals surface area contributed by atoms with Crippen molar-refractivity contribution in [3.63, 3.8) is 0 Å². The molecule has 0 aromatic carbocycles. The maximum Gasteiger partial charge on any atom is 0.114 e. The van der Waals surface area contributed by atoms with Crippen LogP contribution in [-0.2, 0) is 4.74 Å². The Morgan fingerprint density at radius 1 is 1.20 bits per heavy atom. The van der Waals surface area contributed by atoms with Gasteiger partial charge in [-0.3, -0.25) is 0 Å². The SMILES string of the molecule is C=C1/C(=C\C=C2/CCC[C@]3(C)[C@@H](CCCCC(C)(C)O)CC[C@@H]23)C[C@@H](O)[C@H](OCC(O)CO)[C@@H]1O. The first-order valence-corrected chi connectivity index (χ1v) is 13.5. The van der Waals surface area contributed by atoms with Gasteiger partial charge in [0, 0.05) is 6.42 Å². The monoisotopic (exact) mass is 492 g/mol. The van der Waals surface area contributed by atoms with E-state index in [-0.39, 0.29) is 6.61 Å². The molecule has 0 heterocycles. The minimum Gasteiger partial charge on any atom is -0.394 e. The fraction of sp³-hybridized carbons (Fsp3) is 0.793. The molecule has 3 aliphatic rings. The van der Waals surface area contributed by atoms with Gasteiger partial charge in [-0.2, -0.15) is 0 Å². The molecule has 6 nitrogen and oxygen atoms in total. The Morgan fingerprint density at radius 3 is 2.63 bits per heavy atom. The van der Waals surface area contributed by atoms with Gasteiger partial charge in [-0.25, -0.2) is 0 Å². The summed E-state index contributed by atoms with van der Waals surface area (Å²) in [4.78, 5) is 0. The Bertz CT molecular complexity index is 781. The molecule has 0 bridgehead atoms. The van der Waals surface area contributed by atoms with Crippen molar-refractivity contribution in [1.82, 2.24) is 0 Å². The predicted octanol–water partition coefficient (Wildman–Crippen LogP) is 3.81. The van der Waals surface area contributed by atoms with Crippen molar-refractivity contribution in [1.29, 1.82) is 0 Å². The van der Waals surface area contributed by atoms with Gasteiger partial charge in [0.15, 0.2) is 0 Å². The lowest BCUT2D eigenvalue weighted by Crippen LogP contribution is -2.46. The van der Waals surface area contributed by atoms with Gasteiger partial charge in [-0.05, 0) is 87.2 Å². The summed E-state index contributed by atoms with van der Waals surface area (Å²) in [7, 11) is 0. The number of ether oxygens (including phenoxy) is 1. The molecular formula is C29H48O6. The van der Waals surface area contributed by atoms with E-state index in [0.29, 0.717) is 23.3 Å². The van der Waals surface area contributed by atoms with E-state index in [2.05, 4.69) is 19.6 Å². The molecule has 3 saturated carbocycles. The number of unbranched alkanes of at least 4 members (excludes halogenated alkanes) is 1. The highest BCUT2D eigenvalue weighted by molar-refractivity contribution is 5.40. The minimum absolute atomic E-state index is 0.148. The molecular weight excluding hydrogens is 444 g/mol. The van der Waals surface area contributed by atoms with Crippen LogP contribution in [0.15, 0.2) is 35.5 Å². The zero-order valence-electron chi connectivity index (χ0n) is 22.0. The summed E-state index contributed by atoms with van der Waals surface area (Å²) in [5.41, 5.74) is 2.62. The lowest BCUT2D eigenvalue weighted by Gasteiger charge is -2.42. The second-order valence-electron chi connectivity index (χ2n) is 12.1. The van der Waals surface area contributed by atoms with E-state index in [1.165, 1.54) is 44.1 Å². The first-order valence-electron chi connectivity index (χ1n) is 13.5. The predicted molar refractivity (Wildman–Crippen MR) is 138 cm³/mol. The first kappa shape index (κ1) is 28.5. The highest BCUT2D eigenvalue weighted by atomic mass is 16.5. The van der Waals surface area contributed by atoms with Gasteiger partial charge >= 0.3 is 0 Å². The summed E-state index contributed by atoms with van der Waals surface area (Å²) in [6, 6.07) is 0. The molecule has 1 unspecified atom stereocenters. The maximum atomic E-state index is 10.7. The van der Waals surface area contributed by atoms with Crippen LogP contribution in [0.4, 0.5) is 0 Å². The van der Waals surface area contributed by atoms with E-state index in [4.69, 9.17) is 9.84 Å². The van der Waals surface area contributed by atoms with Crippen LogP contribution >= 0.6 is 0 Å². The van der Waals surface area contributed by atoms with Gasteiger partial charge in [0.05, 0.1) is 24.9 Å². The molecule has 3 aliphatic carbocycles. The average Bonchev–Trinajstić information content (AvgIpc) is 3.13. The summed E-state index contributed by atoms with van der Waals surface area (Å²) >= 11 is 0. The van der Waals surface area contributed by atoms with Gasteiger partial charge in [-0.15, -0.1) is 0 Å². The lowest BCUT2D eigenvalue weighted by molar-refractivity contribution is -0.117. The van der Waals surface area contributed by atoms with Crippen LogP contribution in [0.5, 0.6) is 0 Å². The van der Waals surface area contributed by atoms with Gasteiger partial charge < -0.3 is 30.3 Å². The van der Waals surface area contributed by atoms with E-state index in [1.807, 2.05) is 19.9 Å². The summed E-state index contributed by atoms with van der Waals surface area (Å²) < 4.78 is 5.49. The quantitative estimate of drug-likeness (QED) is 0.297. The van der Waals surface area contributed by atoms with Crippen LogP contribution < -0.4 is 0 Å². The molecule has 3 rings (SSSR count). The van der Waals surface area contributed by atoms with Crippen molar-refractivity contribution in [2.75, 3.05) is 13.2 Å². The Hall–Kier alpha value is -1.02. The van der Waals surface area contributed by atoms with Crippen LogP contribution in [0.3, 0.4) is 0 Å². The van der Waals surface area contributed by atoms with Gasteiger partial charge in [-0.1, -0.05) is 44.1 Å². The third kappa shape index (κ3) is 7.06. The second-order valence-corrected chi connectivity index (χ2v) is 12.1. The van der Waals surface area contributed by atoms with Gasteiger partial charge in [0.1, 0.15) is 18.3 Å². The molecule has 0 aromatic heterocycles. The second kappa shape index (κ2) is 12.0. The number of aliphatic hydroxyl groups excluding tert-OH is 4. The normalized spacial score (nSPS) is 37.1. The van der Waals surface area contributed by atoms with Crippen molar-refractivity contribution in [2.24, 2.45) is 17.3 Å². The number of allylic oxidation sites excluding steroid dienone is 3. The molecule has 3 fully saturated rings. The van der Waals surface area contributed by atoms with Crippen LogP contribution in [-0.4, -0.2) is 68.8 Å². The molecule has 0 radical (unpaired) electrons. The summed E-state index contributed by atoms with van der Waals surface area (Å²) in [5.74, 6) is 1.31. The van der Waals surface area contributed by atoms with E-state index in [9.17, 15) is 20.4 Å². The van der Waals surface area contributed by atoms with Crippen LogP contribution in [0.1, 0.15) is 85.0 Å². The summed E-state index contributed by atoms with van der Waals surface area (Å²) in [5, 5.41) is 49.7. The lowest BCUT2D eigenvalue weighted by atomic mass is 9.62. The van der Waals surface area contributed by atoms with Gasteiger partial charge in [0.25, 0.3) is 0 Å². The molecule has 0 aliphatic heterocycles. The number of rotatable bonds is 10. The molecule has 0 aromatic rings. The fourth-order valence-electron chi connectivity index (χ4n) is 6.70. The Morgan fingerprint density at radius 2 is 1.94 bits per heavy atom. The zero-order chi connectivity index (χ0) is 25.8. The van der Waals surface area contributed by atoms with Gasteiger partial charge in [0.2, 0.25) is 0 Å². The number of aliphatic hydroxyl groups is 5. The molecule has 7 atom stereocenters. The average molecular weight is 493 g/mol. The standard InChI is InChI=1S/C29H48O6/c1-19-21(16-25(32)27(26(19)33)35-18-23(31)17-30)11-10-20-8-7-15-29(4)22(12-13-24(20)29)9-5-6-14-28(2,3)34/h10-11,22-27,30-34H,1,5-9,12-18H2,2-4H3/b20-10+,21-11-/t22-,23?,24-,25+,26+,27-,29+/m0/s1. The number of hydrogen-bond donors (Lipinski definition) is 5. The van der Waals surface area contributed by atoms with Crippen molar-refractivity contribution in [2.45, 2.75) is 115 Å². The maximum absolute atomic E-state index is 10.7. The van der Waals surface area contributed by atoms with E-state index < -0.39 is 36.6 Å². The van der Waals surface area contributed by atoms with Crippen molar-refractivity contribution < 1.29 is 30.3 Å². The van der Waals surface area contributed by atoms with Crippen molar-refractivity contribution in [3.8, 4) is 0 Å². The third-order valence-corrected chi connectivity index (χ3v) is 8.83. The number of fused-ring (bicyclic) bond motifs is 1. The molecule has 0 spiro atoms. The highest BCUT2D eigenvalue weighted by Gasteiger charge is 2.48. The highest BCUT2D eigenvalue weighted by Crippen LogP contribution is 2.58. The molecule has 200 valence electrons. The van der Waals surface area contributed by atoms with Crippen molar-refractivity contribution >= 4 is 0 Å². The van der Waals surface area contributed by atoms with Crippen LogP contribution in [0.25, 0.3) is 0 Å². The largest absolute Gasteiger partial charge is 0.394 e. The molecule has 6 heteroatoms. The summed E-state index contributed by atoms with van der Waals surface area (Å²) in [6.45, 7) is 9.73. The van der Waals surface area contributed by atoms with Crippen LogP contribution in [0.2, 0.25) is 0 Å². The number of hydrogen-bond acceptors (Lipinski definition) is 6.